The summed E-state index contributed by atoms with van der Waals surface area (Å²) in [6, 6.07) is 12.5. The molecule has 0 unspecified atom stereocenters. The van der Waals surface area contributed by atoms with E-state index in [0.29, 0.717) is 0 Å². The van der Waals surface area contributed by atoms with Crippen molar-refractivity contribution >= 4 is 40.0 Å². The molecule has 0 aliphatic carbocycles. The van der Waals surface area contributed by atoms with Gasteiger partial charge in [0.1, 0.15) is 0 Å². The third-order valence-electron chi connectivity index (χ3n) is 5.26. The molecular formula is C24H30BBrN2O6. The molecule has 1 aliphatic heterocycles. The maximum atomic E-state index is 10.3. The van der Waals surface area contributed by atoms with Crippen LogP contribution >= 0.6 is 15.9 Å². The van der Waals surface area contributed by atoms with Crippen molar-refractivity contribution in [3.05, 3.63) is 97.4 Å². The van der Waals surface area contributed by atoms with Crippen molar-refractivity contribution in [2.75, 3.05) is 0 Å². The summed E-state index contributed by atoms with van der Waals surface area (Å²) in [6.07, 6.45) is 0. The highest BCUT2D eigenvalue weighted by Gasteiger charge is 2.51. The van der Waals surface area contributed by atoms with Crippen molar-refractivity contribution in [1.82, 2.24) is 0 Å². The Bertz CT molecular complexity index is 987. The van der Waals surface area contributed by atoms with Gasteiger partial charge in [-0.1, -0.05) is 33.6 Å². The molecule has 0 atom stereocenters. The van der Waals surface area contributed by atoms with Gasteiger partial charge in [-0.15, -0.1) is 6.58 Å². The molecule has 0 spiro atoms. The summed E-state index contributed by atoms with van der Waals surface area (Å²) in [4.78, 5) is 19.5. The first-order valence-corrected chi connectivity index (χ1v) is 11.2. The second-order valence-corrected chi connectivity index (χ2v) is 9.67. The fraction of sp³-hybridized carbons (Fsp3) is 0.333. The molecular weight excluding hydrogens is 503 g/mol. The molecule has 1 saturated heterocycles. The van der Waals surface area contributed by atoms with Crippen LogP contribution < -0.4 is 0 Å². The van der Waals surface area contributed by atoms with Crippen LogP contribution in [0, 0.1) is 20.2 Å². The van der Waals surface area contributed by atoms with Crippen molar-refractivity contribution in [2.24, 2.45) is 0 Å². The summed E-state index contributed by atoms with van der Waals surface area (Å²) >= 11 is 3.17. The van der Waals surface area contributed by atoms with Gasteiger partial charge in [0.25, 0.3) is 11.4 Å². The van der Waals surface area contributed by atoms with Crippen LogP contribution in [0.3, 0.4) is 0 Å². The molecule has 2 aromatic rings. The molecule has 0 amide bonds. The lowest BCUT2D eigenvalue weighted by atomic mass is 9.81. The Labute approximate surface area is 209 Å². The molecule has 0 radical (unpaired) electrons. The van der Waals surface area contributed by atoms with E-state index in [1.165, 1.54) is 24.3 Å². The fourth-order valence-electron chi connectivity index (χ4n) is 2.47. The Morgan fingerprint density at radius 2 is 1.18 bits per heavy atom. The van der Waals surface area contributed by atoms with Gasteiger partial charge in [-0.2, -0.15) is 0 Å². The summed E-state index contributed by atoms with van der Waals surface area (Å²) in [5, 5.41) is 20.4. The Hall–Kier alpha value is -2.82. The monoisotopic (exact) mass is 532 g/mol. The number of nitro benzene ring substituents is 2. The van der Waals surface area contributed by atoms with Crippen molar-refractivity contribution in [3.8, 4) is 0 Å². The molecule has 0 saturated carbocycles. The summed E-state index contributed by atoms with van der Waals surface area (Å²) in [5.74, 6) is 0. The standard InChI is InChI=1S/C9H17BO2.C9H9NO2.C6H4BrNO2/c1-7(2)10-11-8(3,4)9(5,6)12-10;1-7(2)8-3-5-9(6-4-8)10(11)12;7-5-1-3-6(4-2-5)8(9)10/h1H2,2-6H3;3-6H,1H2,2H3;1-4H. The smallest absolute Gasteiger partial charge is 0.400 e. The summed E-state index contributed by atoms with van der Waals surface area (Å²) < 4.78 is 12.3. The lowest BCUT2D eigenvalue weighted by Crippen LogP contribution is -2.41. The van der Waals surface area contributed by atoms with E-state index < -0.39 is 9.85 Å². The van der Waals surface area contributed by atoms with Crippen molar-refractivity contribution in [2.45, 2.75) is 52.7 Å². The number of allylic oxidation sites excluding steroid dienone is 2. The molecule has 0 aromatic heterocycles. The predicted octanol–water partition coefficient (Wildman–Crippen LogP) is 7.18. The number of halogens is 1. The van der Waals surface area contributed by atoms with Gasteiger partial charge in [0.05, 0.1) is 21.0 Å². The normalized spacial score (nSPS) is 15.2. The Morgan fingerprint density at radius 3 is 1.44 bits per heavy atom. The topological polar surface area (TPSA) is 105 Å². The first-order valence-electron chi connectivity index (χ1n) is 10.4. The number of hydrogen-bond acceptors (Lipinski definition) is 6. The second kappa shape index (κ2) is 12.1. The Balaban J connectivity index is 0.000000256. The minimum absolute atomic E-state index is 0.111. The number of nitro groups is 2. The van der Waals surface area contributed by atoms with Gasteiger partial charge in [0.2, 0.25) is 0 Å². The van der Waals surface area contributed by atoms with Crippen LogP contribution in [0.1, 0.15) is 47.1 Å². The number of rotatable bonds is 4. The minimum Gasteiger partial charge on any atom is -0.400 e. The highest BCUT2D eigenvalue weighted by atomic mass is 79.9. The molecule has 0 N–H and O–H groups in total. The zero-order valence-electron chi connectivity index (χ0n) is 20.3. The zero-order valence-corrected chi connectivity index (χ0v) is 21.9. The van der Waals surface area contributed by atoms with Crippen molar-refractivity contribution in [1.29, 1.82) is 0 Å². The maximum Gasteiger partial charge on any atom is 0.489 e. The van der Waals surface area contributed by atoms with E-state index in [2.05, 4.69) is 29.1 Å². The van der Waals surface area contributed by atoms with Crippen molar-refractivity contribution < 1.29 is 19.2 Å². The minimum atomic E-state index is -0.424. The SMILES string of the molecule is C=C(C)B1OC(C)(C)C(C)(C)O1.C=C(C)c1ccc([N+](=O)[O-])cc1.O=[N+]([O-])c1ccc(Br)cc1. The number of hydrogen-bond donors (Lipinski definition) is 0. The lowest BCUT2D eigenvalue weighted by Gasteiger charge is -2.32. The third kappa shape index (κ3) is 8.51. The maximum absolute atomic E-state index is 10.3. The van der Waals surface area contributed by atoms with Crippen LogP contribution in [0.5, 0.6) is 0 Å². The summed E-state index contributed by atoms with van der Waals surface area (Å²) in [7, 11) is -0.241. The van der Waals surface area contributed by atoms with Gasteiger partial charge in [0, 0.05) is 28.7 Å². The average Bonchev–Trinajstić information content (AvgIpc) is 2.96. The molecule has 3 rings (SSSR count). The molecule has 10 heteroatoms. The predicted molar refractivity (Wildman–Crippen MR) is 139 cm³/mol. The molecule has 1 heterocycles. The van der Waals surface area contributed by atoms with E-state index in [4.69, 9.17) is 9.31 Å². The third-order valence-corrected chi connectivity index (χ3v) is 5.79. The van der Waals surface area contributed by atoms with Gasteiger partial charge in [0.15, 0.2) is 0 Å². The van der Waals surface area contributed by atoms with E-state index in [0.717, 1.165) is 21.1 Å². The summed E-state index contributed by atoms with van der Waals surface area (Å²) in [6.45, 7) is 19.5. The number of non-ortho nitro benzene ring substituents is 2. The highest BCUT2D eigenvalue weighted by molar-refractivity contribution is 9.10. The summed E-state index contributed by atoms with van der Waals surface area (Å²) in [5.41, 5.74) is 2.51. The fourth-order valence-corrected chi connectivity index (χ4v) is 2.74. The molecule has 0 bridgehead atoms. The van der Waals surface area contributed by atoms with E-state index in [1.54, 1.807) is 24.3 Å². The molecule has 1 aliphatic rings. The Morgan fingerprint density at radius 1 is 0.824 bits per heavy atom. The zero-order chi connectivity index (χ0) is 26.3. The molecule has 34 heavy (non-hydrogen) atoms. The van der Waals surface area contributed by atoms with Gasteiger partial charge in [-0.25, -0.2) is 0 Å². The van der Waals surface area contributed by atoms with Crippen LogP contribution in [0.4, 0.5) is 11.4 Å². The number of benzene rings is 2. The van der Waals surface area contributed by atoms with E-state index >= 15 is 0 Å². The first kappa shape index (κ1) is 29.2. The quantitative estimate of drug-likeness (QED) is 0.234. The van der Waals surface area contributed by atoms with E-state index in [-0.39, 0.29) is 29.7 Å². The van der Waals surface area contributed by atoms with Crippen LogP contribution in [0.25, 0.3) is 5.57 Å². The first-order chi connectivity index (χ1) is 15.6. The second-order valence-electron chi connectivity index (χ2n) is 8.75. The van der Waals surface area contributed by atoms with Crippen LogP contribution in [0.2, 0.25) is 0 Å². The molecule has 182 valence electrons. The van der Waals surface area contributed by atoms with Gasteiger partial charge in [-0.3, -0.25) is 20.2 Å². The van der Waals surface area contributed by atoms with Gasteiger partial charge >= 0.3 is 7.12 Å². The lowest BCUT2D eigenvalue weighted by molar-refractivity contribution is -0.385. The average molecular weight is 533 g/mol. The Kier molecular flexibility index (Phi) is 10.4. The van der Waals surface area contributed by atoms with E-state index in [9.17, 15) is 20.2 Å². The van der Waals surface area contributed by atoms with Crippen LogP contribution in [0.15, 0.2) is 71.6 Å². The van der Waals surface area contributed by atoms with E-state index in [1.807, 2.05) is 41.5 Å². The number of nitrogens with zero attached hydrogens (tertiary/aromatic N) is 2. The van der Waals surface area contributed by atoms with Crippen molar-refractivity contribution in [3.63, 3.8) is 0 Å². The van der Waals surface area contributed by atoms with Crippen LogP contribution in [-0.2, 0) is 9.31 Å². The largest absolute Gasteiger partial charge is 0.489 e. The highest BCUT2D eigenvalue weighted by Crippen LogP contribution is 2.38. The van der Waals surface area contributed by atoms with Gasteiger partial charge in [-0.05, 0) is 71.4 Å². The van der Waals surface area contributed by atoms with Crippen LogP contribution in [-0.4, -0.2) is 28.2 Å². The van der Waals surface area contributed by atoms with Gasteiger partial charge < -0.3 is 9.31 Å². The molecule has 1 fully saturated rings. The molecule has 2 aromatic carbocycles. The molecule has 8 nitrogen and oxygen atoms in total.